The van der Waals surface area contributed by atoms with Gasteiger partial charge in [0.25, 0.3) is 11.5 Å². The van der Waals surface area contributed by atoms with Crippen LogP contribution in [0.15, 0.2) is 35.1 Å². The van der Waals surface area contributed by atoms with Gasteiger partial charge in [-0.05, 0) is 25.5 Å². The van der Waals surface area contributed by atoms with E-state index in [1.807, 2.05) is 36.4 Å². The lowest BCUT2D eigenvalue weighted by atomic mass is 10.3. The molecule has 1 heterocycles. The normalized spacial score (nSPS) is 12.4. The fourth-order valence-electron chi connectivity index (χ4n) is 2.24. The second-order valence-electron chi connectivity index (χ2n) is 5.30. The van der Waals surface area contributed by atoms with Crippen LogP contribution in [0, 0.1) is 11.3 Å². The molecule has 26 heavy (non-hydrogen) atoms. The van der Waals surface area contributed by atoms with Gasteiger partial charge in [0.15, 0.2) is 5.57 Å². The lowest BCUT2D eigenvalue weighted by Gasteiger charge is -2.02. The van der Waals surface area contributed by atoms with Crippen LogP contribution in [0.4, 0.5) is 5.69 Å². The van der Waals surface area contributed by atoms with Crippen molar-refractivity contribution < 1.29 is 9.90 Å². The molecule has 0 radical (unpaired) electrons. The molecule has 0 fully saturated rings. The molecule has 136 valence electrons. The van der Waals surface area contributed by atoms with Gasteiger partial charge in [-0.2, -0.15) is 5.26 Å². The number of hydrogen-bond donors (Lipinski definition) is 3. The molecule has 1 aromatic heterocycles. The first-order valence-electron chi connectivity index (χ1n) is 8.17. The predicted octanol–water partition coefficient (Wildman–Crippen LogP) is -0.0473. The number of nitrogens with zero attached hydrogens (tertiary/aromatic N) is 2. The SMILES string of the molecule is CCn1c(=C(C#N)C(=O)NCCCO)sc(=CNc2ccccc2)c1=O. The fraction of sp³-hybridized carbons (Fsp3) is 0.278. The summed E-state index contributed by atoms with van der Waals surface area (Å²) in [6.07, 6.45) is 1.98. The van der Waals surface area contributed by atoms with E-state index in [1.165, 1.54) is 4.57 Å². The zero-order chi connectivity index (χ0) is 18.9. The Morgan fingerprint density at radius 1 is 1.38 bits per heavy atom. The topological polar surface area (TPSA) is 107 Å². The minimum atomic E-state index is -0.549. The number of aromatic nitrogens is 1. The fourth-order valence-corrected chi connectivity index (χ4v) is 3.33. The van der Waals surface area contributed by atoms with E-state index < -0.39 is 5.91 Å². The monoisotopic (exact) mass is 372 g/mol. The first-order valence-corrected chi connectivity index (χ1v) is 8.98. The van der Waals surface area contributed by atoms with E-state index in [2.05, 4.69) is 10.6 Å². The van der Waals surface area contributed by atoms with Crippen molar-refractivity contribution >= 4 is 34.7 Å². The van der Waals surface area contributed by atoms with Crippen molar-refractivity contribution in [3.05, 3.63) is 49.9 Å². The summed E-state index contributed by atoms with van der Waals surface area (Å²) in [6.45, 7) is 2.34. The number of aliphatic hydroxyl groups excluding tert-OH is 1. The van der Waals surface area contributed by atoms with Crippen molar-refractivity contribution in [2.75, 3.05) is 18.5 Å². The number of nitriles is 1. The lowest BCUT2D eigenvalue weighted by molar-refractivity contribution is -0.115. The van der Waals surface area contributed by atoms with Crippen molar-refractivity contribution in [2.24, 2.45) is 0 Å². The molecule has 0 aliphatic heterocycles. The van der Waals surface area contributed by atoms with Gasteiger partial charge in [-0.15, -0.1) is 11.3 Å². The molecule has 0 bridgehead atoms. The van der Waals surface area contributed by atoms with Crippen molar-refractivity contribution in [3.8, 4) is 6.07 Å². The standard InChI is InChI=1S/C18H20N4O3S/c1-2-22-17(25)15(12-21-13-7-4-3-5-8-13)26-18(22)14(11-19)16(24)20-9-6-10-23/h3-5,7-8,12,21,23H,2,6,9-10H2,1H3,(H,20,24). The Morgan fingerprint density at radius 2 is 2.12 bits per heavy atom. The average Bonchev–Trinajstić information content (AvgIpc) is 2.97. The third-order valence-corrected chi connectivity index (χ3v) is 4.67. The number of anilines is 1. The van der Waals surface area contributed by atoms with Crippen molar-refractivity contribution in [1.29, 1.82) is 5.26 Å². The zero-order valence-corrected chi connectivity index (χ0v) is 15.2. The van der Waals surface area contributed by atoms with Gasteiger partial charge >= 0.3 is 0 Å². The van der Waals surface area contributed by atoms with Gasteiger partial charge in [-0.3, -0.25) is 14.2 Å². The average molecular weight is 372 g/mol. The maximum absolute atomic E-state index is 12.6. The summed E-state index contributed by atoms with van der Waals surface area (Å²) in [5.41, 5.74) is 0.467. The highest BCUT2D eigenvalue weighted by atomic mass is 32.1. The highest BCUT2D eigenvalue weighted by Crippen LogP contribution is 2.04. The molecule has 0 saturated heterocycles. The predicted molar refractivity (Wildman–Crippen MR) is 102 cm³/mol. The zero-order valence-electron chi connectivity index (χ0n) is 14.4. The molecule has 7 nitrogen and oxygen atoms in total. The van der Waals surface area contributed by atoms with Crippen molar-refractivity contribution in [2.45, 2.75) is 19.9 Å². The molecule has 0 aliphatic carbocycles. The van der Waals surface area contributed by atoms with Gasteiger partial charge in [0, 0.05) is 31.6 Å². The summed E-state index contributed by atoms with van der Waals surface area (Å²) in [7, 11) is 0. The van der Waals surface area contributed by atoms with E-state index in [4.69, 9.17) is 5.11 Å². The van der Waals surface area contributed by atoms with Crippen LogP contribution in [0.25, 0.3) is 11.8 Å². The molecule has 0 spiro atoms. The number of para-hydroxylation sites is 1. The lowest BCUT2D eigenvalue weighted by Crippen LogP contribution is -2.34. The molecule has 0 saturated carbocycles. The molecule has 1 amide bonds. The first-order chi connectivity index (χ1) is 12.6. The number of rotatable bonds is 7. The molecule has 0 unspecified atom stereocenters. The van der Waals surface area contributed by atoms with Crippen LogP contribution in [-0.4, -0.2) is 28.7 Å². The Bertz CT molecular complexity index is 971. The molecule has 0 aliphatic rings. The van der Waals surface area contributed by atoms with E-state index in [0.717, 1.165) is 17.0 Å². The van der Waals surface area contributed by atoms with E-state index in [9.17, 15) is 14.9 Å². The quantitative estimate of drug-likeness (QED) is 0.591. The number of benzene rings is 1. The number of carbonyl (C=O) groups excluding carboxylic acids is 1. The maximum Gasteiger partial charge on any atom is 0.270 e. The number of hydrogen-bond acceptors (Lipinski definition) is 6. The molecule has 8 heteroatoms. The van der Waals surface area contributed by atoms with E-state index in [-0.39, 0.29) is 24.3 Å². The Kier molecular flexibility index (Phi) is 7.14. The van der Waals surface area contributed by atoms with Crippen LogP contribution in [0.3, 0.4) is 0 Å². The number of aliphatic hydroxyl groups is 1. The van der Waals surface area contributed by atoms with E-state index in [0.29, 0.717) is 22.2 Å². The minimum Gasteiger partial charge on any atom is -0.396 e. The summed E-state index contributed by atoms with van der Waals surface area (Å²) < 4.78 is 2.14. The van der Waals surface area contributed by atoms with Gasteiger partial charge in [-0.25, -0.2) is 0 Å². The first kappa shape index (κ1) is 19.4. The van der Waals surface area contributed by atoms with Crippen molar-refractivity contribution in [1.82, 2.24) is 9.88 Å². The third kappa shape index (κ3) is 4.59. The molecule has 3 N–H and O–H groups in total. The van der Waals surface area contributed by atoms with Crippen LogP contribution in [0.5, 0.6) is 0 Å². The highest BCUT2D eigenvalue weighted by Gasteiger charge is 2.14. The van der Waals surface area contributed by atoms with Crippen LogP contribution in [0.1, 0.15) is 13.3 Å². The maximum atomic E-state index is 12.6. The molecular formula is C18H20N4O3S. The Labute approximate surface area is 154 Å². The molecular weight excluding hydrogens is 352 g/mol. The Hall–Kier alpha value is -2.89. The van der Waals surface area contributed by atoms with Gasteiger partial charge in [0.05, 0.1) is 0 Å². The van der Waals surface area contributed by atoms with Crippen molar-refractivity contribution in [3.63, 3.8) is 0 Å². The summed E-state index contributed by atoms with van der Waals surface area (Å²) in [5.74, 6) is -0.549. The van der Waals surface area contributed by atoms with Gasteiger partial charge < -0.3 is 15.7 Å². The molecule has 0 atom stereocenters. The number of amides is 1. The summed E-state index contributed by atoms with van der Waals surface area (Å²) in [6, 6.07) is 11.3. The van der Waals surface area contributed by atoms with Crippen LogP contribution >= 0.6 is 11.3 Å². The van der Waals surface area contributed by atoms with Gasteiger partial charge in [-0.1, -0.05) is 18.2 Å². The number of thiazole rings is 1. The Balaban J connectivity index is 2.47. The second kappa shape index (κ2) is 9.56. The molecule has 2 aromatic rings. The third-order valence-electron chi connectivity index (χ3n) is 3.54. The van der Waals surface area contributed by atoms with Crippen LogP contribution in [-0.2, 0) is 11.3 Å². The van der Waals surface area contributed by atoms with Gasteiger partial charge in [0.1, 0.15) is 15.3 Å². The summed E-state index contributed by atoms with van der Waals surface area (Å²) in [5, 5.41) is 23.8. The second-order valence-corrected chi connectivity index (χ2v) is 6.33. The van der Waals surface area contributed by atoms with Gasteiger partial charge in [0.2, 0.25) is 0 Å². The van der Waals surface area contributed by atoms with E-state index in [1.54, 1.807) is 13.1 Å². The van der Waals surface area contributed by atoms with Crippen LogP contribution < -0.4 is 25.4 Å². The Morgan fingerprint density at radius 3 is 2.73 bits per heavy atom. The largest absolute Gasteiger partial charge is 0.396 e. The number of carbonyl (C=O) groups is 1. The molecule has 1 aromatic carbocycles. The number of nitrogens with one attached hydrogen (secondary N) is 2. The summed E-state index contributed by atoms with van der Waals surface area (Å²) >= 11 is 1.09. The minimum absolute atomic E-state index is 0.0505. The molecule has 2 rings (SSSR count). The summed E-state index contributed by atoms with van der Waals surface area (Å²) in [4.78, 5) is 24.8. The van der Waals surface area contributed by atoms with E-state index >= 15 is 0 Å². The smallest absolute Gasteiger partial charge is 0.270 e. The van der Waals surface area contributed by atoms with Crippen LogP contribution in [0.2, 0.25) is 0 Å². The highest BCUT2D eigenvalue weighted by molar-refractivity contribution is 7.07.